The lowest BCUT2D eigenvalue weighted by Crippen LogP contribution is -2.49. The minimum atomic E-state index is 0.587. The summed E-state index contributed by atoms with van der Waals surface area (Å²) in [5.41, 5.74) is 0. The Morgan fingerprint density at radius 1 is 0.704 bits per heavy atom. The molecule has 0 spiro atoms. The maximum Gasteiger partial charge on any atom is 0.0593 e. The van der Waals surface area contributed by atoms with Gasteiger partial charge in [0.2, 0.25) is 0 Å². The largest absolute Gasteiger partial charge is 0.289 e. The Morgan fingerprint density at radius 2 is 1.11 bits per heavy atom. The standard InChI is InChI=1S/C17H36N2.4C2H6/c1-7-18(8-2)16(6)19(9-3)13-17-12-14(4)10-11-15(17)5;4*1-2/h14-17H,7-13H2,1-6H3;4*1-2H3. The molecule has 1 saturated carbocycles. The fourth-order valence-electron chi connectivity index (χ4n) is 3.73. The van der Waals surface area contributed by atoms with Crippen LogP contribution in [-0.4, -0.2) is 42.1 Å². The molecule has 0 radical (unpaired) electrons. The molecule has 0 aromatic rings. The van der Waals surface area contributed by atoms with E-state index >= 15 is 0 Å². The summed E-state index contributed by atoms with van der Waals surface area (Å²) in [5.74, 6) is 2.75. The summed E-state index contributed by atoms with van der Waals surface area (Å²) < 4.78 is 0. The number of hydrogen-bond acceptors (Lipinski definition) is 2. The summed E-state index contributed by atoms with van der Waals surface area (Å²) in [7, 11) is 0. The molecule has 27 heavy (non-hydrogen) atoms. The van der Waals surface area contributed by atoms with Crippen LogP contribution in [0.2, 0.25) is 0 Å². The molecule has 1 fully saturated rings. The molecular weight excluding hydrogens is 328 g/mol. The molecule has 4 atom stereocenters. The topological polar surface area (TPSA) is 6.48 Å². The van der Waals surface area contributed by atoms with Gasteiger partial charge in [0.15, 0.2) is 0 Å². The van der Waals surface area contributed by atoms with Crippen molar-refractivity contribution in [3.8, 4) is 0 Å². The first kappa shape index (κ1) is 34.4. The second-order valence-corrected chi connectivity index (χ2v) is 6.60. The summed E-state index contributed by atoms with van der Waals surface area (Å²) in [6.07, 6.45) is 4.89. The molecule has 0 heterocycles. The van der Waals surface area contributed by atoms with Crippen molar-refractivity contribution in [2.45, 2.75) is 122 Å². The van der Waals surface area contributed by atoms with Crippen molar-refractivity contribution < 1.29 is 0 Å². The molecule has 170 valence electrons. The maximum absolute atomic E-state index is 2.69. The molecule has 1 aliphatic carbocycles. The highest BCUT2D eigenvalue weighted by Crippen LogP contribution is 2.34. The van der Waals surface area contributed by atoms with Gasteiger partial charge in [-0.3, -0.25) is 9.80 Å². The third-order valence-corrected chi connectivity index (χ3v) is 5.37. The second-order valence-electron chi connectivity index (χ2n) is 6.60. The molecule has 1 aliphatic rings. The van der Waals surface area contributed by atoms with Gasteiger partial charge in [-0.05, 0) is 50.7 Å². The van der Waals surface area contributed by atoms with E-state index in [-0.39, 0.29) is 0 Å². The Balaban J connectivity index is -0.000000292. The van der Waals surface area contributed by atoms with Crippen molar-refractivity contribution in [2.75, 3.05) is 26.2 Å². The van der Waals surface area contributed by atoms with Gasteiger partial charge in [0.1, 0.15) is 0 Å². The third-order valence-electron chi connectivity index (χ3n) is 5.37. The minimum absolute atomic E-state index is 0.587. The number of rotatable bonds is 7. The van der Waals surface area contributed by atoms with Crippen LogP contribution in [0.15, 0.2) is 0 Å². The quantitative estimate of drug-likeness (QED) is 0.406. The SMILES string of the molecule is CC.CC.CC.CC.CCN(CC)C(C)N(CC)CC1CC(C)CCC1C. The Labute approximate surface area is 176 Å². The summed E-state index contributed by atoms with van der Waals surface area (Å²) in [5, 5.41) is 0. The van der Waals surface area contributed by atoms with Gasteiger partial charge in [0.05, 0.1) is 6.17 Å². The first-order chi connectivity index (χ1) is 13.0. The Kier molecular flexibility index (Phi) is 33.1. The van der Waals surface area contributed by atoms with Crippen molar-refractivity contribution in [3.63, 3.8) is 0 Å². The zero-order valence-electron chi connectivity index (χ0n) is 22.2. The van der Waals surface area contributed by atoms with Crippen molar-refractivity contribution in [2.24, 2.45) is 17.8 Å². The Morgan fingerprint density at radius 3 is 1.48 bits per heavy atom. The van der Waals surface area contributed by atoms with E-state index in [2.05, 4.69) is 51.3 Å². The molecule has 0 N–H and O–H groups in total. The van der Waals surface area contributed by atoms with Gasteiger partial charge in [-0.1, -0.05) is 103 Å². The zero-order chi connectivity index (χ0) is 22.4. The molecule has 0 bridgehead atoms. The highest BCUT2D eigenvalue weighted by molar-refractivity contribution is 4.80. The van der Waals surface area contributed by atoms with E-state index < -0.39 is 0 Å². The molecule has 0 aromatic carbocycles. The number of nitrogens with zero attached hydrogens (tertiary/aromatic N) is 2. The second kappa shape index (κ2) is 25.9. The number of hydrogen-bond donors (Lipinski definition) is 0. The molecule has 4 unspecified atom stereocenters. The van der Waals surface area contributed by atoms with E-state index in [0.717, 1.165) is 30.8 Å². The average Bonchev–Trinajstić information content (AvgIpc) is 2.75. The van der Waals surface area contributed by atoms with Gasteiger partial charge in [-0.15, -0.1) is 0 Å². The van der Waals surface area contributed by atoms with E-state index in [1.54, 1.807) is 0 Å². The maximum atomic E-state index is 2.69. The summed E-state index contributed by atoms with van der Waals surface area (Å²) in [6, 6.07) is 0. The van der Waals surface area contributed by atoms with Crippen molar-refractivity contribution >= 4 is 0 Å². The molecule has 0 saturated heterocycles. The molecule has 2 nitrogen and oxygen atoms in total. The van der Waals surface area contributed by atoms with Crippen molar-refractivity contribution in [1.29, 1.82) is 0 Å². The highest BCUT2D eigenvalue weighted by atomic mass is 15.3. The third kappa shape index (κ3) is 15.5. The predicted octanol–water partition coefficient (Wildman–Crippen LogP) is 8.17. The van der Waals surface area contributed by atoms with Crippen LogP contribution >= 0.6 is 0 Å². The molecule has 0 aliphatic heterocycles. The monoisotopic (exact) mass is 388 g/mol. The lowest BCUT2D eigenvalue weighted by molar-refractivity contribution is 0.0347. The van der Waals surface area contributed by atoms with E-state index in [4.69, 9.17) is 0 Å². The smallest absolute Gasteiger partial charge is 0.0593 e. The van der Waals surface area contributed by atoms with Crippen molar-refractivity contribution in [1.82, 2.24) is 9.80 Å². The Hall–Kier alpha value is -0.0800. The van der Waals surface area contributed by atoms with Crippen LogP contribution in [0.5, 0.6) is 0 Å². The van der Waals surface area contributed by atoms with Gasteiger partial charge in [0.25, 0.3) is 0 Å². The minimum Gasteiger partial charge on any atom is -0.289 e. The summed E-state index contributed by atoms with van der Waals surface area (Å²) in [4.78, 5) is 5.26. The molecule has 0 amide bonds. The van der Waals surface area contributed by atoms with Crippen LogP contribution in [0.3, 0.4) is 0 Å². The van der Waals surface area contributed by atoms with E-state index in [1.165, 1.54) is 32.4 Å². The lowest BCUT2D eigenvalue weighted by Gasteiger charge is -2.41. The zero-order valence-corrected chi connectivity index (χ0v) is 22.2. The van der Waals surface area contributed by atoms with Gasteiger partial charge < -0.3 is 0 Å². The van der Waals surface area contributed by atoms with Crippen LogP contribution < -0.4 is 0 Å². The van der Waals surface area contributed by atoms with Crippen LogP contribution in [0, 0.1) is 17.8 Å². The Bertz CT molecular complexity index is 238. The fraction of sp³-hybridized carbons (Fsp3) is 1.00. The summed E-state index contributed by atoms with van der Waals surface area (Å²) in [6.45, 7) is 34.9. The van der Waals surface area contributed by atoms with Gasteiger partial charge in [-0.2, -0.15) is 0 Å². The van der Waals surface area contributed by atoms with Gasteiger partial charge in [-0.25, -0.2) is 0 Å². The average molecular weight is 389 g/mol. The van der Waals surface area contributed by atoms with E-state index in [1.807, 2.05) is 55.4 Å². The van der Waals surface area contributed by atoms with E-state index in [0.29, 0.717) is 6.17 Å². The van der Waals surface area contributed by atoms with Gasteiger partial charge >= 0.3 is 0 Å². The first-order valence-electron chi connectivity index (χ1n) is 12.5. The van der Waals surface area contributed by atoms with Crippen molar-refractivity contribution in [3.05, 3.63) is 0 Å². The van der Waals surface area contributed by atoms with E-state index in [9.17, 15) is 0 Å². The fourth-order valence-corrected chi connectivity index (χ4v) is 3.73. The molecular formula is C25H60N2. The van der Waals surface area contributed by atoms with Crippen LogP contribution in [0.4, 0.5) is 0 Å². The van der Waals surface area contributed by atoms with Crippen LogP contribution in [0.1, 0.15) is 116 Å². The molecule has 0 aromatic heterocycles. The molecule has 2 heteroatoms. The normalized spacial score (nSPS) is 22.0. The van der Waals surface area contributed by atoms with Crippen LogP contribution in [0.25, 0.3) is 0 Å². The predicted molar refractivity (Wildman–Crippen MR) is 131 cm³/mol. The highest BCUT2D eigenvalue weighted by Gasteiger charge is 2.28. The van der Waals surface area contributed by atoms with Gasteiger partial charge in [0, 0.05) is 6.54 Å². The first-order valence-corrected chi connectivity index (χ1v) is 12.5. The lowest BCUT2D eigenvalue weighted by atomic mass is 9.75. The summed E-state index contributed by atoms with van der Waals surface area (Å²) >= 11 is 0. The molecule has 1 rings (SSSR count). The van der Waals surface area contributed by atoms with Crippen LogP contribution in [-0.2, 0) is 0 Å².